The molecular weight excluding hydrogens is 472 g/mol. The Morgan fingerprint density at radius 3 is 2.33 bits per heavy atom. The number of thioether (sulfide) groups is 1. The second-order valence-electron chi connectivity index (χ2n) is 9.98. The summed E-state index contributed by atoms with van der Waals surface area (Å²) in [6.07, 6.45) is 1.07. The molecule has 0 fully saturated rings. The van der Waals surface area contributed by atoms with Gasteiger partial charge in [0.2, 0.25) is 0 Å². The predicted octanol–water partition coefficient (Wildman–Crippen LogP) is 4.48. The number of rotatable bonds is 10. The van der Waals surface area contributed by atoms with Crippen LogP contribution in [0.4, 0.5) is 0 Å². The zero-order valence-electron chi connectivity index (χ0n) is 21.4. The van der Waals surface area contributed by atoms with Crippen LogP contribution in [-0.4, -0.2) is 36.6 Å². The molecule has 0 bridgehead atoms. The summed E-state index contributed by atoms with van der Waals surface area (Å²) in [5, 5.41) is 12.6. The molecule has 0 atom stereocenters. The van der Waals surface area contributed by atoms with Crippen molar-refractivity contribution in [3.63, 3.8) is 0 Å². The van der Waals surface area contributed by atoms with Crippen LogP contribution in [0.15, 0.2) is 57.1 Å². The molecule has 2 heterocycles. The topological polar surface area (TPSA) is 90.0 Å². The zero-order valence-corrected chi connectivity index (χ0v) is 22.2. The third kappa shape index (κ3) is 5.55. The van der Waals surface area contributed by atoms with Crippen molar-refractivity contribution >= 4 is 33.6 Å². The molecule has 36 heavy (non-hydrogen) atoms. The van der Waals surface area contributed by atoms with E-state index in [2.05, 4.69) is 24.3 Å². The molecule has 0 saturated carbocycles. The summed E-state index contributed by atoms with van der Waals surface area (Å²) in [6, 6.07) is 14.4. The highest BCUT2D eigenvalue weighted by atomic mass is 32.2. The summed E-state index contributed by atoms with van der Waals surface area (Å²) in [6.45, 7) is 8.93. The monoisotopic (exact) mass is 506 g/mol. The Morgan fingerprint density at radius 2 is 1.61 bits per heavy atom. The Labute approximate surface area is 215 Å². The van der Waals surface area contributed by atoms with Gasteiger partial charge in [-0.3, -0.25) is 13.9 Å². The number of benzene rings is 2. The maximum atomic E-state index is 13.6. The fraction of sp³-hybridized carbons (Fsp3) is 0.429. The third-order valence-electron chi connectivity index (χ3n) is 5.94. The summed E-state index contributed by atoms with van der Waals surface area (Å²) in [5.41, 5.74) is 0.822. The minimum Gasteiger partial charge on any atom is -0.396 e. The van der Waals surface area contributed by atoms with E-state index in [-0.39, 0.29) is 29.7 Å². The molecule has 8 heteroatoms. The van der Waals surface area contributed by atoms with Crippen molar-refractivity contribution in [1.82, 2.24) is 19.1 Å². The Hall–Kier alpha value is -2.97. The van der Waals surface area contributed by atoms with Gasteiger partial charge >= 0.3 is 5.69 Å². The van der Waals surface area contributed by atoms with Crippen LogP contribution in [0.25, 0.3) is 21.8 Å². The molecule has 0 radical (unpaired) electrons. The van der Waals surface area contributed by atoms with Gasteiger partial charge in [0, 0.05) is 31.9 Å². The summed E-state index contributed by atoms with van der Waals surface area (Å²) >= 11 is 1.44. The summed E-state index contributed by atoms with van der Waals surface area (Å²) in [4.78, 5) is 36.8. The average Bonchev–Trinajstić information content (AvgIpc) is 2.84. The SMILES string of the molecule is CC(C)Cn1c(=O)c2c(SCCCO)nc(Cc3cccc4ccccc34)nc2n(CC(C)C)c1=O. The smallest absolute Gasteiger partial charge is 0.332 e. The van der Waals surface area contributed by atoms with Crippen LogP contribution >= 0.6 is 11.8 Å². The Balaban J connectivity index is 1.96. The summed E-state index contributed by atoms with van der Waals surface area (Å²) in [7, 11) is 0. The van der Waals surface area contributed by atoms with Crippen molar-refractivity contribution in [1.29, 1.82) is 0 Å². The van der Waals surface area contributed by atoms with Crippen molar-refractivity contribution in [2.75, 3.05) is 12.4 Å². The molecule has 0 spiro atoms. The van der Waals surface area contributed by atoms with Gasteiger partial charge in [-0.1, -0.05) is 70.2 Å². The molecule has 1 N–H and O–H groups in total. The molecular formula is C28H34N4O3S. The molecule has 2 aromatic heterocycles. The minimum absolute atomic E-state index is 0.0640. The first-order valence-electron chi connectivity index (χ1n) is 12.5. The molecule has 7 nitrogen and oxygen atoms in total. The maximum Gasteiger partial charge on any atom is 0.332 e. The van der Waals surface area contributed by atoms with E-state index >= 15 is 0 Å². The van der Waals surface area contributed by atoms with Gasteiger partial charge in [0.15, 0.2) is 5.65 Å². The normalized spacial score (nSPS) is 11.9. The number of aliphatic hydroxyl groups is 1. The van der Waals surface area contributed by atoms with Gasteiger partial charge in [-0.2, -0.15) is 0 Å². The number of nitrogens with zero attached hydrogens (tertiary/aromatic N) is 4. The molecule has 0 aliphatic rings. The molecule has 190 valence electrons. The number of hydrogen-bond acceptors (Lipinski definition) is 6. The Morgan fingerprint density at radius 1 is 0.917 bits per heavy atom. The fourth-order valence-corrected chi connectivity index (χ4v) is 5.36. The molecule has 0 aliphatic carbocycles. The standard InChI is InChI=1S/C28H34N4O3S/c1-18(2)16-31-25-24(27(34)32(28(31)35)17-19(3)4)26(36-14-8-13-33)30-23(29-25)15-21-11-7-10-20-9-5-6-12-22(20)21/h5-7,9-12,18-19,33H,8,13-17H2,1-4H3. The first-order valence-corrected chi connectivity index (χ1v) is 13.5. The predicted molar refractivity (Wildman–Crippen MR) is 147 cm³/mol. The maximum absolute atomic E-state index is 13.6. The first kappa shape index (κ1) is 26.1. The van der Waals surface area contributed by atoms with E-state index in [0.717, 1.165) is 16.3 Å². The molecule has 0 amide bonds. The van der Waals surface area contributed by atoms with Gasteiger partial charge in [0.25, 0.3) is 5.56 Å². The molecule has 0 saturated heterocycles. The lowest BCUT2D eigenvalue weighted by atomic mass is 10.0. The Bertz CT molecular complexity index is 1490. The van der Waals surface area contributed by atoms with Gasteiger partial charge in [-0.05, 0) is 34.6 Å². The van der Waals surface area contributed by atoms with E-state index < -0.39 is 0 Å². The Kier molecular flexibility index (Phi) is 8.26. The van der Waals surface area contributed by atoms with E-state index in [4.69, 9.17) is 9.97 Å². The first-order chi connectivity index (χ1) is 17.3. The molecule has 4 rings (SSSR count). The lowest BCUT2D eigenvalue weighted by Crippen LogP contribution is -2.42. The van der Waals surface area contributed by atoms with Gasteiger partial charge in [0.1, 0.15) is 16.2 Å². The van der Waals surface area contributed by atoms with Crippen LogP contribution in [0.2, 0.25) is 0 Å². The number of hydrogen-bond donors (Lipinski definition) is 1. The molecule has 4 aromatic rings. The molecule has 2 aromatic carbocycles. The zero-order chi connectivity index (χ0) is 25.8. The van der Waals surface area contributed by atoms with Gasteiger partial charge in [0.05, 0.1) is 0 Å². The summed E-state index contributed by atoms with van der Waals surface area (Å²) < 4.78 is 2.98. The van der Waals surface area contributed by atoms with E-state index in [0.29, 0.717) is 53.6 Å². The van der Waals surface area contributed by atoms with E-state index in [1.165, 1.54) is 16.3 Å². The largest absolute Gasteiger partial charge is 0.396 e. The number of fused-ring (bicyclic) bond motifs is 2. The van der Waals surface area contributed by atoms with E-state index in [1.54, 1.807) is 4.57 Å². The van der Waals surface area contributed by atoms with Crippen molar-refractivity contribution in [3.05, 3.63) is 74.7 Å². The molecule has 0 aliphatic heterocycles. The van der Waals surface area contributed by atoms with Crippen LogP contribution in [-0.2, 0) is 19.5 Å². The average molecular weight is 507 g/mol. The van der Waals surface area contributed by atoms with Crippen LogP contribution in [0.1, 0.15) is 45.5 Å². The van der Waals surface area contributed by atoms with Crippen molar-refractivity contribution in [2.45, 2.75) is 58.7 Å². The van der Waals surface area contributed by atoms with Crippen molar-refractivity contribution in [2.24, 2.45) is 11.8 Å². The summed E-state index contributed by atoms with van der Waals surface area (Å²) in [5.74, 6) is 1.52. The highest BCUT2D eigenvalue weighted by molar-refractivity contribution is 7.99. The van der Waals surface area contributed by atoms with Gasteiger partial charge < -0.3 is 5.11 Å². The highest BCUT2D eigenvalue weighted by Crippen LogP contribution is 2.26. The van der Waals surface area contributed by atoms with Crippen molar-refractivity contribution in [3.8, 4) is 0 Å². The quantitative estimate of drug-likeness (QED) is 0.194. The van der Waals surface area contributed by atoms with Crippen LogP contribution in [0, 0.1) is 11.8 Å². The fourth-order valence-electron chi connectivity index (χ4n) is 4.40. The third-order valence-corrected chi connectivity index (χ3v) is 7.01. The number of aliphatic hydroxyl groups excluding tert-OH is 1. The van der Waals surface area contributed by atoms with Crippen LogP contribution < -0.4 is 11.2 Å². The van der Waals surface area contributed by atoms with Crippen LogP contribution in [0.5, 0.6) is 0 Å². The second-order valence-corrected chi connectivity index (χ2v) is 11.1. The lowest BCUT2D eigenvalue weighted by molar-refractivity contribution is 0.296. The van der Waals surface area contributed by atoms with E-state index in [1.807, 2.05) is 45.9 Å². The molecule has 0 unspecified atom stereocenters. The van der Waals surface area contributed by atoms with Gasteiger partial charge in [-0.25, -0.2) is 14.8 Å². The minimum atomic E-state index is -0.341. The highest BCUT2D eigenvalue weighted by Gasteiger charge is 2.21. The van der Waals surface area contributed by atoms with Crippen molar-refractivity contribution < 1.29 is 5.11 Å². The number of aromatic nitrogens is 4. The lowest BCUT2D eigenvalue weighted by Gasteiger charge is -2.18. The second kappa shape index (κ2) is 11.4. The van der Waals surface area contributed by atoms with Crippen LogP contribution in [0.3, 0.4) is 0 Å². The van der Waals surface area contributed by atoms with Gasteiger partial charge in [-0.15, -0.1) is 11.8 Å². The van der Waals surface area contributed by atoms with E-state index in [9.17, 15) is 14.7 Å².